The Kier molecular flexibility index (Phi) is 3.47. The van der Waals surface area contributed by atoms with E-state index < -0.39 is 17.5 Å². The summed E-state index contributed by atoms with van der Waals surface area (Å²) in [6, 6.07) is 3.95. The molecule has 0 bridgehead atoms. The van der Waals surface area contributed by atoms with E-state index in [2.05, 4.69) is 15.2 Å². The lowest BCUT2D eigenvalue weighted by molar-refractivity contribution is 0.445. The third-order valence-corrected chi connectivity index (χ3v) is 4.57. The number of halogens is 3. The molecule has 1 aromatic heterocycles. The molecule has 0 unspecified atom stereocenters. The molecule has 1 N–H and O–H groups in total. The largest absolute Gasteiger partial charge is 0.366 e. The minimum Gasteiger partial charge on any atom is -0.366 e. The molecule has 0 aliphatic carbocycles. The molecule has 0 radical (unpaired) electrons. The van der Waals surface area contributed by atoms with Gasteiger partial charge in [0.05, 0.1) is 0 Å². The van der Waals surface area contributed by atoms with Gasteiger partial charge in [0, 0.05) is 31.7 Å². The molecule has 1 saturated heterocycles. The number of nitrogens with one attached hydrogen (secondary N) is 1. The normalized spacial score (nSPS) is 18.6. The summed E-state index contributed by atoms with van der Waals surface area (Å²) in [6.45, 7) is 1.59. The van der Waals surface area contributed by atoms with Crippen LogP contribution in [0.25, 0.3) is 0 Å². The average Bonchev–Trinajstić information content (AvgIpc) is 3.12. The predicted molar refractivity (Wildman–Crippen MR) is 82.5 cm³/mol. The number of hydrogen-bond donors (Lipinski definition) is 1. The van der Waals surface area contributed by atoms with E-state index in [0.717, 1.165) is 37.3 Å². The fourth-order valence-electron chi connectivity index (χ4n) is 3.43. The van der Waals surface area contributed by atoms with E-state index in [1.165, 1.54) is 0 Å². The van der Waals surface area contributed by atoms with Crippen molar-refractivity contribution in [1.29, 1.82) is 0 Å². The molecule has 2 aliphatic heterocycles. The Morgan fingerprint density at radius 3 is 2.71 bits per heavy atom. The second-order valence-electron chi connectivity index (χ2n) is 6.11. The van der Waals surface area contributed by atoms with E-state index >= 15 is 0 Å². The van der Waals surface area contributed by atoms with E-state index in [9.17, 15) is 18.0 Å². The number of rotatable bonds is 3. The van der Waals surface area contributed by atoms with Crippen LogP contribution in [0.4, 0.5) is 24.8 Å². The van der Waals surface area contributed by atoms with Gasteiger partial charge in [-0.1, -0.05) is 0 Å². The monoisotopic (exact) mass is 336 g/mol. The quantitative estimate of drug-likeness (QED) is 0.874. The highest BCUT2D eigenvalue weighted by atomic mass is 19.2. The molecule has 1 fully saturated rings. The lowest BCUT2D eigenvalue weighted by atomic mass is 10.2. The standard InChI is InChI=1S/C16H15F3N4O/c17-11-4-9(5-12(18)15(11)19)7-20-13-6-14-22-3-1-2-10(22)8-23(14)16(24)21-13/h4-6,10H,1-3,7-8H2,(H,20,21,24)/t10-/m1/s1. The van der Waals surface area contributed by atoms with Crippen LogP contribution in [-0.2, 0) is 13.1 Å². The van der Waals surface area contributed by atoms with Crippen LogP contribution >= 0.6 is 0 Å². The van der Waals surface area contributed by atoms with Crippen molar-refractivity contribution in [2.45, 2.75) is 32.0 Å². The van der Waals surface area contributed by atoms with Crippen molar-refractivity contribution in [2.24, 2.45) is 0 Å². The van der Waals surface area contributed by atoms with E-state index in [0.29, 0.717) is 18.4 Å². The van der Waals surface area contributed by atoms with Crippen molar-refractivity contribution in [3.05, 3.63) is 51.7 Å². The second kappa shape index (κ2) is 5.54. The third kappa shape index (κ3) is 2.42. The zero-order chi connectivity index (χ0) is 16.8. The maximum Gasteiger partial charge on any atom is 0.351 e. The molecule has 4 rings (SSSR count). The summed E-state index contributed by atoms with van der Waals surface area (Å²) < 4.78 is 41.1. The maximum absolute atomic E-state index is 13.2. The SMILES string of the molecule is O=c1nc(NCc2cc(F)c(F)c(F)c2)cc2n1C[C@H]1CCCN21. The summed E-state index contributed by atoms with van der Waals surface area (Å²) in [4.78, 5) is 18.3. The van der Waals surface area contributed by atoms with Crippen LogP contribution in [0.15, 0.2) is 23.0 Å². The number of fused-ring (bicyclic) bond motifs is 3. The number of anilines is 2. The Bertz CT molecular complexity index is 844. The first-order chi connectivity index (χ1) is 11.5. The molecule has 5 nitrogen and oxygen atoms in total. The van der Waals surface area contributed by atoms with Crippen molar-refractivity contribution < 1.29 is 13.2 Å². The Morgan fingerprint density at radius 2 is 1.96 bits per heavy atom. The zero-order valence-electron chi connectivity index (χ0n) is 12.7. The number of hydrogen-bond acceptors (Lipinski definition) is 4. The molecule has 1 atom stereocenters. The van der Waals surface area contributed by atoms with Crippen molar-refractivity contribution in [1.82, 2.24) is 9.55 Å². The third-order valence-electron chi connectivity index (χ3n) is 4.57. The Morgan fingerprint density at radius 1 is 1.21 bits per heavy atom. The van der Waals surface area contributed by atoms with Crippen LogP contribution < -0.4 is 15.9 Å². The fourth-order valence-corrected chi connectivity index (χ4v) is 3.43. The van der Waals surface area contributed by atoms with Crippen LogP contribution in [-0.4, -0.2) is 22.1 Å². The molecule has 3 heterocycles. The first kappa shape index (κ1) is 15.0. The summed E-state index contributed by atoms with van der Waals surface area (Å²) in [7, 11) is 0. The summed E-state index contributed by atoms with van der Waals surface area (Å²) in [5, 5.41) is 2.88. The number of nitrogens with zero attached hydrogens (tertiary/aromatic N) is 3. The molecule has 2 aromatic rings. The molecule has 126 valence electrons. The van der Waals surface area contributed by atoms with Crippen molar-refractivity contribution in [3.8, 4) is 0 Å². The molecule has 0 amide bonds. The molecule has 1 aromatic carbocycles. The summed E-state index contributed by atoms with van der Waals surface area (Å²) in [5.41, 5.74) is -0.117. The summed E-state index contributed by atoms with van der Waals surface area (Å²) in [5.74, 6) is -2.82. The maximum atomic E-state index is 13.2. The van der Waals surface area contributed by atoms with Crippen molar-refractivity contribution >= 4 is 11.6 Å². The molecule has 0 saturated carbocycles. The number of aromatic nitrogens is 2. The van der Waals surface area contributed by atoms with Crippen LogP contribution in [0.5, 0.6) is 0 Å². The van der Waals surface area contributed by atoms with Crippen molar-refractivity contribution in [2.75, 3.05) is 16.8 Å². The summed E-state index contributed by atoms with van der Waals surface area (Å²) in [6.07, 6.45) is 2.15. The lowest BCUT2D eigenvalue weighted by Crippen LogP contribution is -2.24. The predicted octanol–water partition coefficient (Wildman–Crippen LogP) is 2.26. The highest BCUT2D eigenvalue weighted by Gasteiger charge is 2.34. The summed E-state index contributed by atoms with van der Waals surface area (Å²) >= 11 is 0. The fraction of sp³-hybridized carbons (Fsp3) is 0.375. The molecule has 24 heavy (non-hydrogen) atoms. The topological polar surface area (TPSA) is 50.2 Å². The van der Waals surface area contributed by atoms with Gasteiger partial charge in [-0.25, -0.2) is 18.0 Å². The highest BCUT2D eigenvalue weighted by Crippen LogP contribution is 2.32. The van der Waals surface area contributed by atoms with Gasteiger partial charge in [0.2, 0.25) is 0 Å². The van der Waals surface area contributed by atoms with Crippen LogP contribution in [0.1, 0.15) is 18.4 Å². The first-order valence-electron chi connectivity index (χ1n) is 7.79. The van der Waals surface area contributed by atoms with Crippen LogP contribution in [0, 0.1) is 17.5 Å². The Labute approximate surface area is 135 Å². The minimum atomic E-state index is -1.49. The van der Waals surface area contributed by atoms with E-state index in [1.807, 2.05) is 0 Å². The van der Waals surface area contributed by atoms with Gasteiger partial charge >= 0.3 is 5.69 Å². The van der Waals surface area contributed by atoms with Gasteiger partial charge in [-0.3, -0.25) is 4.57 Å². The lowest BCUT2D eigenvalue weighted by Gasteiger charge is -2.17. The van der Waals surface area contributed by atoms with Crippen molar-refractivity contribution in [3.63, 3.8) is 0 Å². The van der Waals surface area contributed by atoms with Crippen LogP contribution in [0.3, 0.4) is 0 Å². The number of benzene rings is 1. The smallest absolute Gasteiger partial charge is 0.351 e. The molecule has 8 heteroatoms. The average molecular weight is 336 g/mol. The minimum absolute atomic E-state index is 0.0352. The van der Waals surface area contributed by atoms with Gasteiger partial charge in [-0.05, 0) is 30.5 Å². The second-order valence-corrected chi connectivity index (χ2v) is 6.11. The van der Waals surface area contributed by atoms with E-state index in [4.69, 9.17) is 0 Å². The van der Waals surface area contributed by atoms with Gasteiger partial charge in [0.1, 0.15) is 11.6 Å². The molecule has 0 spiro atoms. The van der Waals surface area contributed by atoms with E-state index in [1.54, 1.807) is 10.6 Å². The first-order valence-corrected chi connectivity index (χ1v) is 7.79. The van der Waals surface area contributed by atoms with E-state index in [-0.39, 0.29) is 17.8 Å². The Hall–Kier alpha value is -2.51. The van der Waals surface area contributed by atoms with Gasteiger partial charge in [0.25, 0.3) is 0 Å². The molecule has 2 aliphatic rings. The zero-order valence-corrected chi connectivity index (χ0v) is 12.7. The van der Waals surface area contributed by atoms with Gasteiger partial charge < -0.3 is 10.2 Å². The Balaban J connectivity index is 1.57. The highest BCUT2D eigenvalue weighted by molar-refractivity contribution is 5.53. The van der Waals surface area contributed by atoms with Gasteiger partial charge in [0.15, 0.2) is 17.5 Å². The molecular weight excluding hydrogens is 321 g/mol. The van der Waals surface area contributed by atoms with Gasteiger partial charge in [-0.2, -0.15) is 4.98 Å². The van der Waals surface area contributed by atoms with Crippen LogP contribution in [0.2, 0.25) is 0 Å². The van der Waals surface area contributed by atoms with Gasteiger partial charge in [-0.15, -0.1) is 0 Å². The molecular formula is C16H15F3N4O.